The van der Waals surface area contributed by atoms with E-state index >= 15 is 0 Å². The van der Waals surface area contributed by atoms with Gasteiger partial charge in [-0.05, 0) is 6.54 Å². The SMILES string of the molecule is CCN1CCN(c2ncnc3nc[nH]c23)CC1c1ncc[nH]1. The number of rotatable bonds is 3. The minimum Gasteiger partial charge on any atom is -0.351 e. The lowest BCUT2D eigenvalue weighted by atomic mass is 10.1. The number of hydrogen-bond donors (Lipinski definition) is 2. The highest BCUT2D eigenvalue weighted by molar-refractivity contribution is 5.82. The predicted octanol–water partition coefficient (Wildman–Crippen LogP) is 0.959. The van der Waals surface area contributed by atoms with Gasteiger partial charge in [0.25, 0.3) is 0 Å². The number of H-pyrrole nitrogens is 2. The molecule has 8 nitrogen and oxygen atoms in total. The van der Waals surface area contributed by atoms with E-state index in [4.69, 9.17) is 0 Å². The summed E-state index contributed by atoms with van der Waals surface area (Å²) in [6, 6.07) is 0.238. The quantitative estimate of drug-likeness (QED) is 0.748. The maximum Gasteiger partial charge on any atom is 0.182 e. The molecule has 1 atom stereocenters. The molecule has 4 rings (SSSR count). The molecule has 1 unspecified atom stereocenters. The van der Waals surface area contributed by atoms with Crippen LogP contribution >= 0.6 is 0 Å². The van der Waals surface area contributed by atoms with Crippen LogP contribution in [0.2, 0.25) is 0 Å². The van der Waals surface area contributed by atoms with Gasteiger partial charge in [0.2, 0.25) is 0 Å². The lowest BCUT2D eigenvalue weighted by Crippen LogP contribution is -2.49. The van der Waals surface area contributed by atoms with Crippen molar-refractivity contribution in [2.24, 2.45) is 0 Å². The molecule has 2 N–H and O–H groups in total. The van der Waals surface area contributed by atoms with E-state index in [1.165, 1.54) is 0 Å². The number of fused-ring (bicyclic) bond motifs is 1. The van der Waals surface area contributed by atoms with Gasteiger partial charge >= 0.3 is 0 Å². The molecule has 1 fully saturated rings. The summed E-state index contributed by atoms with van der Waals surface area (Å²) in [5.41, 5.74) is 1.60. The van der Waals surface area contributed by atoms with Crippen molar-refractivity contribution in [1.82, 2.24) is 34.8 Å². The van der Waals surface area contributed by atoms with Crippen molar-refractivity contribution in [1.29, 1.82) is 0 Å². The molecule has 0 aliphatic carbocycles. The zero-order valence-corrected chi connectivity index (χ0v) is 12.4. The number of nitrogens with one attached hydrogen (secondary N) is 2. The van der Waals surface area contributed by atoms with Crippen LogP contribution in [0.3, 0.4) is 0 Å². The van der Waals surface area contributed by atoms with Crippen molar-refractivity contribution in [2.45, 2.75) is 13.0 Å². The molecule has 8 heteroatoms. The Balaban J connectivity index is 1.68. The van der Waals surface area contributed by atoms with Crippen molar-refractivity contribution in [3.05, 3.63) is 30.9 Å². The molecule has 3 aromatic rings. The first-order valence-electron chi connectivity index (χ1n) is 7.49. The molecular formula is C14H18N8. The number of aromatic nitrogens is 6. The van der Waals surface area contributed by atoms with Gasteiger partial charge in [0, 0.05) is 32.0 Å². The van der Waals surface area contributed by atoms with E-state index in [1.807, 2.05) is 6.20 Å². The van der Waals surface area contributed by atoms with Crippen LogP contribution in [0.5, 0.6) is 0 Å². The molecular weight excluding hydrogens is 280 g/mol. The zero-order valence-electron chi connectivity index (χ0n) is 12.4. The van der Waals surface area contributed by atoms with Gasteiger partial charge in [-0.15, -0.1) is 0 Å². The predicted molar refractivity (Wildman–Crippen MR) is 82.5 cm³/mol. The number of hydrogen-bond acceptors (Lipinski definition) is 6. The third-order valence-electron chi connectivity index (χ3n) is 4.23. The summed E-state index contributed by atoms with van der Waals surface area (Å²) in [6.45, 7) is 5.93. The second-order valence-corrected chi connectivity index (χ2v) is 5.36. The van der Waals surface area contributed by atoms with Gasteiger partial charge in [0.05, 0.1) is 12.4 Å². The average Bonchev–Trinajstić information content (AvgIpc) is 3.25. The van der Waals surface area contributed by atoms with Crippen LogP contribution in [0.25, 0.3) is 11.2 Å². The van der Waals surface area contributed by atoms with Gasteiger partial charge in [-0.3, -0.25) is 4.90 Å². The van der Waals surface area contributed by atoms with Gasteiger partial charge in [-0.1, -0.05) is 6.92 Å². The fourth-order valence-electron chi connectivity index (χ4n) is 3.10. The van der Waals surface area contributed by atoms with Gasteiger partial charge in [-0.25, -0.2) is 19.9 Å². The van der Waals surface area contributed by atoms with Gasteiger partial charge in [0.1, 0.15) is 17.7 Å². The first kappa shape index (κ1) is 13.2. The summed E-state index contributed by atoms with van der Waals surface area (Å²) < 4.78 is 0. The first-order chi connectivity index (χ1) is 10.9. The molecule has 3 aromatic heterocycles. The summed E-state index contributed by atoms with van der Waals surface area (Å²) in [5, 5.41) is 0. The Morgan fingerprint density at radius 3 is 2.95 bits per heavy atom. The Hall–Kier alpha value is -2.48. The van der Waals surface area contributed by atoms with Crippen molar-refractivity contribution in [2.75, 3.05) is 31.1 Å². The van der Waals surface area contributed by atoms with E-state index in [0.717, 1.165) is 43.3 Å². The van der Waals surface area contributed by atoms with E-state index in [0.29, 0.717) is 5.65 Å². The lowest BCUT2D eigenvalue weighted by molar-refractivity contribution is 0.180. The summed E-state index contributed by atoms with van der Waals surface area (Å²) in [4.78, 5) is 28.4. The largest absolute Gasteiger partial charge is 0.351 e. The second-order valence-electron chi connectivity index (χ2n) is 5.36. The maximum absolute atomic E-state index is 4.46. The van der Waals surface area contributed by atoms with Crippen LogP contribution < -0.4 is 4.90 Å². The minimum atomic E-state index is 0.238. The topological polar surface area (TPSA) is 89.6 Å². The maximum atomic E-state index is 4.46. The zero-order chi connectivity index (χ0) is 14.9. The van der Waals surface area contributed by atoms with E-state index < -0.39 is 0 Å². The van der Waals surface area contributed by atoms with Crippen molar-refractivity contribution in [3.8, 4) is 0 Å². The number of piperazine rings is 1. The van der Waals surface area contributed by atoms with Gasteiger partial charge < -0.3 is 14.9 Å². The highest BCUT2D eigenvalue weighted by Crippen LogP contribution is 2.28. The summed E-state index contributed by atoms with van der Waals surface area (Å²) in [5.74, 6) is 1.91. The highest BCUT2D eigenvalue weighted by Gasteiger charge is 2.30. The third kappa shape index (κ3) is 2.12. The molecule has 1 aliphatic heterocycles. The number of anilines is 1. The van der Waals surface area contributed by atoms with Crippen molar-refractivity contribution >= 4 is 17.0 Å². The molecule has 0 radical (unpaired) electrons. The molecule has 0 spiro atoms. The smallest absolute Gasteiger partial charge is 0.182 e. The normalized spacial score (nSPS) is 19.9. The Morgan fingerprint density at radius 2 is 2.14 bits per heavy atom. The van der Waals surface area contributed by atoms with E-state index in [1.54, 1.807) is 18.9 Å². The van der Waals surface area contributed by atoms with Crippen LogP contribution in [0.1, 0.15) is 18.8 Å². The number of likely N-dealkylation sites (N-methyl/N-ethyl adjacent to an activating group) is 1. The molecule has 1 aliphatic rings. The second kappa shape index (κ2) is 5.38. The monoisotopic (exact) mass is 298 g/mol. The lowest BCUT2D eigenvalue weighted by Gasteiger charge is -2.40. The number of nitrogens with zero attached hydrogens (tertiary/aromatic N) is 6. The molecule has 0 aromatic carbocycles. The van der Waals surface area contributed by atoms with Gasteiger partial charge in [-0.2, -0.15) is 0 Å². The molecule has 4 heterocycles. The van der Waals surface area contributed by atoms with Crippen molar-refractivity contribution in [3.63, 3.8) is 0 Å². The standard InChI is InChI=1S/C14H18N8/c1-2-21-5-6-22(7-10(21)12-15-3-4-16-12)14-11-13(18-8-17-11)19-9-20-14/h3-4,8-10H,2,5-7H2,1H3,(H,15,16)(H,17,18,19,20). The number of aromatic amines is 2. The number of imidazole rings is 2. The van der Waals surface area contributed by atoms with Crippen LogP contribution in [-0.4, -0.2) is 61.0 Å². The Labute approximate surface area is 127 Å². The Bertz CT molecular complexity index is 749. The summed E-state index contributed by atoms with van der Waals surface area (Å²) >= 11 is 0. The first-order valence-corrected chi connectivity index (χ1v) is 7.49. The molecule has 0 saturated carbocycles. The molecule has 1 saturated heterocycles. The highest BCUT2D eigenvalue weighted by atomic mass is 15.3. The fourth-order valence-corrected chi connectivity index (χ4v) is 3.10. The van der Waals surface area contributed by atoms with Gasteiger partial charge in [0.15, 0.2) is 11.5 Å². The van der Waals surface area contributed by atoms with E-state index in [9.17, 15) is 0 Å². The van der Waals surface area contributed by atoms with Crippen LogP contribution in [0.4, 0.5) is 5.82 Å². The van der Waals surface area contributed by atoms with Crippen LogP contribution in [0.15, 0.2) is 25.0 Å². The molecule has 0 amide bonds. The van der Waals surface area contributed by atoms with Crippen molar-refractivity contribution < 1.29 is 0 Å². The van der Waals surface area contributed by atoms with E-state index in [2.05, 4.69) is 46.6 Å². The molecule has 22 heavy (non-hydrogen) atoms. The average molecular weight is 298 g/mol. The summed E-state index contributed by atoms with van der Waals surface area (Å²) in [6.07, 6.45) is 6.92. The molecule has 114 valence electrons. The molecule has 0 bridgehead atoms. The third-order valence-corrected chi connectivity index (χ3v) is 4.23. The van der Waals surface area contributed by atoms with E-state index in [-0.39, 0.29) is 6.04 Å². The Morgan fingerprint density at radius 1 is 1.18 bits per heavy atom. The Kier molecular flexibility index (Phi) is 3.23. The fraction of sp³-hybridized carbons (Fsp3) is 0.429. The minimum absolute atomic E-state index is 0.238. The summed E-state index contributed by atoms with van der Waals surface area (Å²) in [7, 11) is 0. The van der Waals surface area contributed by atoms with Crippen LogP contribution in [0, 0.1) is 0 Å². The van der Waals surface area contributed by atoms with Crippen LogP contribution in [-0.2, 0) is 0 Å².